The zero-order chi connectivity index (χ0) is 15.7. The fourth-order valence-corrected chi connectivity index (χ4v) is 2.40. The van der Waals surface area contributed by atoms with Crippen molar-refractivity contribution in [3.05, 3.63) is 70.8 Å². The second kappa shape index (κ2) is 5.60. The van der Waals surface area contributed by atoms with Gasteiger partial charge in [-0.15, -0.1) is 0 Å². The van der Waals surface area contributed by atoms with Crippen molar-refractivity contribution in [3.8, 4) is 5.75 Å². The molecular weight excluding hydrogens is 290 g/mol. The van der Waals surface area contributed by atoms with Crippen molar-refractivity contribution in [1.82, 2.24) is 0 Å². The summed E-state index contributed by atoms with van der Waals surface area (Å²) in [6.45, 7) is 0.246. The molecule has 0 unspecified atom stereocenters. The minimum Gasteiger partial charge on any atom is -0.489 e. The van der Waals surface area contributed by atoms with Gasteiger partial charge < -0.3 is 9.47 Å². The van der Waals surface area contributed by atoms with Gasteiger partial charge in [0.2, 0.25) is 0 Å². The van der Waals surface area contributed by atoms with Crippen LogP contribution in [0, 0.1) is 11.6 Å². The van der Waals surface area contributed by atoms with Crippen LogP contribution in [0.4, 0.5) is 8.78 Å². The van der Waals surface area contributed by atoms with Crippen LogP contribution in [-0.4, -0.2) is 19.7 Å². The standard InChI is InChI=1S/C17H12F2O3/c1-21-17(20)10-5-6-15-13(9-10)11(7-8-22-15)12-3-2-4-14(18)16(12)19/h2-7,9H,8H2,1H3. The summed E-state index contributed by atoms with van der Waals surface area (Å²) in [5, 5.41) is 0. The van der Waals surface area contributed by atoms with E-state index >= 15 is 0 Å². The second-order valence-corrected chi connectivity index (χ2v) is 4.73. The highest BCUT2D eigenvalue weighted by Gasteiger charge is 2.21. The van der Waals surface area contributed by atoms with Crippen molar-refractivity contribution >= 4 is 11.5 Å². The molecule has 22 heavy (non-hydrogen) atoms. The molecule has 0 N–H and O–H groups in total. The molecule has 0 aromatic heterocycles. The Hall–Kier alpha value is -2.69. The molecule has 3 rings (SSSR count). The third-order valence-corrected chi connectivity index (χ3v) is 3.46. The Kier molecular flexibility index (Phi) is 3.63. The van der Waals surface area contributed by atoms with Crippen molar-refractivity contribution < 1.29 is 23.0 Å². The van der Waals surface area contributed by atoms with E-state index in [2.05, 4.69) is 4.74 Å². The largest absolute Gasteiger partial charge is 0.489 e. The number of benzene rings is 2. The molecule has 0 spiro atoms. The van der Waals surface area contributed by atoms with Gasteiger partial charge in [0.15, 0.2) is 11.6 Å². The molecule has 1 heterocycles. The first kappa shape index (κ1) is 14.3. The third-order valence-electron chi connectivity index (χ3n) is 3.46. The van der Waals surface area contributed by atoms with Crippen molar-refractivity contribution in [2.75, 3.05) is 13.7 Å². The summed E-state index contributed by atoms with van der Waals surface area (Å²) in [6, 6.07) is 8.72. The maximum atomic E-state index is 14.1. The summed E-state index contributed by atoms with van der Waals surface area (Å²) in [6.07, 6.45) is 1.65. The first-order valence-corrected chi connectivity index (χ1v) is 6.62. The average Bonchev–Trinajstić information content (AvgIpc) is 2.55. The van der Waals surface area contributed by atoms with Gasteiger partial charge in [-0.05, 0) is 35.9 Å². The molecule has 0 bridgehead atoms. The van der Waals surface area contributed by atoms with Gasteiger partial charge in [0.05, 0.1) is 12.7 Å². The molecule has 2 aromatic rings. The second-order valence-electron chi connectivity index (χ2n) is 4.73. The number of hydrogen-bond acceptors (Lipinski definition) is 3. The minimum absolute atomic E-state index is 0.131. The van der Waals surface area contributed by atoms with Crippen LogP contribution >= 0.6 is 0 Å². The molecule has 2 aromatic carbocycles. The summed E-state index contributed by atoms with van der Waals surface area (Å²) in [5.41, 5.74) is 1.46. The van der Waals surface area contributed by atoms with E-state index in [0.717, 1.165) is 6.07 Å². The van der Waals surface area contributed by atoms with Gasteiger partial charge in [0.25, 0.3) is 0 Å². The summed E-state index contributed by atoms with van der Waals surface area (Å²) < 4.78 is 37.7. The molecule has 5 heteroatoms. The lowest BCUT2D eigenvalue weighted by molar-refractivity contribution is 0.0600. The fraction of sp³-hybridized carbons (Fsp3) is 0.118. The van der Waals surface area contributed by atoms with Crippen LogP contribution in [0.1, 0.15) is 21.5 Å². The van der Waals surface area contributed by atoms with E-state index in [-0.39, 0.29) is 12.2 Å². The maximum Gasteiger partial charge on any atom is 0.337 e. The van der Waals surface area contributed by atoms with Crippen molar-refractivity contribution in [3.63, 3.8) is 0 Å². The van der Waals surface area contributed by atoms with Crippen LogP contribution in [0.25, 0.3) is 5.57 Å². The van der Waals surface area contributed by atoms with Crippen molar-refractivity contribution in [2.24, 2.45) is 0 Å². The number of carbonyl (C=O) groups is 1. The number of halogens is 2. The number of fused-ring (bicyclic) bond motifs is 1. The number of hydrogen-bond donors (Lipinski definition) is 0. The first-order chi connectivity index (χ1) is 10.6. The molecule has 0 amide bonds. The van der Waals surface area contributed by atoms with Crippen LogP contribution in [-0.2, 0) is 4.74 Å². The number of ether oxygens (including phenoxy) is 2. The van der Waals surface area contributed by atoms with E-state index in [1.807, 2.05) is 0 Å². The molecule has 0 saturated carbocycles. The Morgan fingerprint density at radius 2 is 2.00 bits per heavy atom. The van der Waals surface area contributed by atoms with Crippen LogP contribution in [0.5, 0.6) is 5.75 Å². The highest BCUT2D eigenvalue weighted by molar-refractivity contribution is 5.93. The molecule has 112 valence electrons. The lowest BCUT2D eigenvalue weighted by Gasteiger charge is -2.20. The molecular formula is C17H12F2O3. The number of carbonyl (C=O) groups excluding carboxylic acids is 1. The Balaban J connectivity index is 2.15. The van der Waals surface area contributed by atoms with Crippen molar-refractivity contribution in [1.29, 1.82) is 0 Å². The molecule has 1 aliphatic heterocycles. The zero-order valence-corrected chi connectivity index (χ0v) is 11.7. The molecule has 0 aliphatic carbocycles. The smallest absolute Gasteiger partial charge is 0.337 e. The van der Waals surface area contributed by atoms with Crippen LogP contribution < -0.4 is 4.74 Å². The Labute approximate surface area is 125 Å². The Morgan fingerprint density at radius 3 is 2.77 bits per heavy atom. The SMILES string of the molecule is COC(=O)c1ccc2c(c1)C(c1cccc(F)c1F)=CCO2. The number of methoxy groups -OCH3 is 1. The van der Waals surface area contributed by atoms with Crippen LogP contribution in [0.3, 0.4) is 0 Å². The molecule has 0 atom stereocenters. The van der Waals surface area contributed by atoms with Crippen LogP contribution in [0.15, 0.2) is 42.5 Å². The van der Waals surface area contributed by atoms with E-state index in [1.165, 1.54) is 19.2 Å². The van der Waals surface area contributed by atoms with Crippen LogP contribution in [0.2, 0.25) is 0 Å². The predicted octanol–water partition coefficient (Wildman–Crippen LogP) is 3.58. The summed E-state index contributed by atoms with van der Waals surface area (Å²) in [5.74, 6) is -1.85. The highest BCUT2D eigenvalue weighted by Crippen LogP contribution is 2.36. The van der Waals surface area contributed by atoms with E-state index in [0.29, 0.717) is 22.4 Å². The predicted molar refractivity (Wildman–Crippen MR) is 76.7 cm³/mol. The highest BCUT2D eigenvalue weighted by atomic mass is 19.2. The van der Waals surface area contributed by atoms with E-state index in [9.17, 15) is 13.6 Å². The summed E-state index contributed by atoms with van der Waals surface area (Å²) >= 11 is 0. The quantitative estimate of drug-likeness (QED) is 0.796. The Morgan fingerprint density at radius 1 is 1.18 bits per heavy atom. The van der Waals surface area contributed by atoms with Gasteiger partial charge in [-0.25, -0.2) is 13.6 Å². The van der Waals surface area contributed by atoms with Gasteiger partial charge in [-0.1, -0.05) is 12.1 Å². The normalized spacial score (nSPS) is 13.0. The molecule has 1 aliphatic rings. The van der Waals surface area contributed by atoms with E-state index < -0.39 is 17.6 Å². The van der Waals surface area contributed by atoms with Crippen molar-refractivity contribution in [2.45, 2.75) is 0 Å². The molecule has 3 nitrogen and oxygen atoms in total. The maximum absolute atomic E-state index is 14.1. The van der Waals surface area contributed by atoms with Gasteiger partial charge in [-0.2, -0.15) is 0 Å². The topological polar surface area (TPSA) is 35.5 Å². The third kappa shape index (κ3) is 2.35. The number of esters is 1. The van der Waals surface area contributed by atoms with Gasteiger partial charge in [-0.3, -0.25) is 0 Å². The van der Waals surface area contributed by atoms with Gasteiger partial charge >= 0.3 is 5.97 Å². The monoisotopic (exact) mass is 302 g/mol. The Bertz CT molecular complexity index is 781. The zero-order valence-electron chi connectivity index (χ0n) is 11.7. The summed E-state index contributed by atoms with van der Waals surface area (Å²) in [4.78, 5) is 11.6. The number of rotatable bonds is 2. The average molecular weight is 302 g/mol. The van der Waals surface area contributed by atoms with Gasteiger partial charge in [0, 0.05) is 11.1 Å². The lowest BCUT2D eigenvalue weighted by atomic mass is 9.93. The molecule has 0 saturated heterocycles. The lowest BCUT2D eigenvalue weighted by Crippen LogP contribution is -2.09. The van der Waals surface area contributed by atoms with E-state index in [4.69, 9.17) is 4.74 Å². The summed E-state index contributed by atoms with van der Waals surface area (Å²) in [7, 11) is 1.28. The molecule has 0 radical (unpaired) electrons. The van der Waals surface area contributed by atoms with Gasteiger partial charge in [0.1, 0.15) is 12.4 Å². The van der Waals surface area contributed by atoms with E-state index in [1.54, 1.807) is 24.3 Å². The molecule has 0 fully saturated rings. The first-order valence-electron chi connectivity index (χ1n) is 6.62. The minimum atomic E-state index is -0.926. The fourth-order valence-electron chi connectivity index (χ4n) is 2.40.